The molecule has 0 aromatic rings. The van der Waals surface area contributed by atoms with Crippen LogP contribution in [0.5, 0.6) is 0 Å². The molecule has 4 heteroatoms. The van der Waals surface area contributed by atoms with Crippen molar-refractivity contribution in [3.63, 3.8) is 0 Å². The topological polar surface area (TPSA) is 53.2 Å². The Balaban J connectivity index is 1.66. The van der Waals surface area contributed by atoms with Crippen molar-refractivity contribution < 1.29 is 4.79 Å². The summed E-state index contributed by atoms with van der Waals surface area (Å²) in [5.74, 6) is 0. The van der Waals surface area contributed by atoms with Crippen LogP contribution in [0.4, 0.5) is 4.79 Å². The maximum atomic E-state index is 11.5. The molecule has 1 saturated heterocycles. The molecule has 2 aliphatic rings. The lowest BCUT2D eigenvalue weighted by atomic mass is 10.2. The maximum absolute atomic E-state index is 11.5. The Hall–Kier alpha value is -0.770. The average molecular weight is 197 g/mol. The van der Waals surface area contributed by atoms with Crippen molar-refractivity contribution in [3.8, 4) is 0 Å². The van der Waals surface area contributed by atoms with Crippen LogP contribution in [0.1, 0.15) is 32.1 Å². The Morgan fingerprint density at radius 3 is 2.43 bits per heavy atom. The average Bonchev–Trinajstić information content (AvgIpc) is 2.76. The molecular formula is C10H19N3O. The summed E-state index contributed by atoms with van der Waals surface area (Å²) in [6, 6.07) is 0.770. The van der Waals surface area contributed by atoms with Gasteiger partial charge in [0.1, 0.15) is 0 Å². The minimum atomic E-state index is 0.0191. The number of amides is 2. The maximum Gasteiger partial charge on any atom is 0.315 e. The molecule has 4 nitrogen and oxygen atoms in total. The van der Waals surface area contributed by atoms with E-state index in [4.69, 9.17) is 0 Å². The molecule has 2 fully saturated rings. The molecule has 1 saturated carbocycles. The van der Waals surface area contributed by atoms with Gasteiger partial charge < -0.3 is 16.0 Å². The van der Waals surface area contributed by atoms with Crippen LogP contribution >= 0.6 is 0 Å². The Bertz CT molecular complexity index is 176. The highest BCUT2D eigenvalue weighted by atomic mass is 16.2. The molecule has 0 spiro atoms. The summed E-state index contributed by atoms with van der Waals surface area (Å²) in [7, 11) is 0. The number of hydrogen-bond donors (Lipinski definition) is 3. The lowest BCUT2D eigenvalue weighted by molar-refractivity contribution is 0.234. The molecule has 0 bridgehead atoms. The number of carbonyl (C=O) groups excluding carboxylic acids is 1. The van der Waals surface area contributed by atoms with Gasteiger partial charge >= 0.3 is 6.03 Å². The molecule has 0 aromatic carbocycles. The second-order valence-electron chi connectivity index (χ2n) is 4.29. The first kappa shape index (κ1) is 9.77. The Morgan fingerprint density at radius 2 is 1.79 bits per heavy atom. The third kappa shape index (κ3) is 2.61. The van der Waals surface area contributed by atoms with Crippen LogP contribution in [0.2, 0.25) is 0 Å². The third-order valence-corrected chi connectivity index (χ3v) is 3.09. The largest absolute Gasteiger partial charge is 0.335 e. The molecule has 1 aliphatic carbocycles. The molecular weight excluding hydrogens is 178 g/mol. The van der Waals surface area contributed by atoms with E-state index < -0.39 is 0 Å². The van der Waals surface area contributed by atoms with Crippen molar-refractivity contribution in [2.75, 3.05) is 13.1 Å². The van der Waals surface area contributed by atoms with Crippen molar-refractivity contribution in [1.29, 1.82) is 0 Å². The second kappa shape index (κ2) is 4.64. The van der Waals surface area contributed by atoms with Crippen LogP contribution in [-0.2, 0) is 0 Å². The van der Waals surface area contributed by atoms with Crippen LogP contribution in [0.3, 0.4) is 0 Å². The first-order valence-electron chi connectivity index (χ1n) is 5.62. The fourth-order valence-electron chi connectivity index (χ4n) is 2.26. The van der Waals surface area contributed by atoms with Crippen LogP contribution in [0.15, 0.2) is 0 Å². The third-order valence-electron chi connectivity index (χ3n) is 3.09. The summed E-state index contributed by atoms with van der Waals surface area (Å²) in [6.45, 7) is 1.94. The van der Waals surface area contributed by atoms with Crippen LogP contribution in [0.25, 0.3) is 0 Å². The van der Waals surface area contributed by atoms with Gasteiger partial charge in [-0.15, -0.1) is 0 Å². The van der Waals surface area contributed by atoms with E-state index in [1.807, 2.05) is 0 Å². The van der Waals surface area contributed by atoms with E-state index in [9.17, 15) is 4.79 Å². The number of rotatable bonds is 2. The van der Waals surface area contributed by atoms with Gasteiger partial charge in [0, 0.05) is 18.6 Å². The fraction of sp³-hybridized carbons (Fsp3) is 0.900. The van der Waals surface area contributed by atoms with Crippen molar-refractivity contribution in [2.45, 2.75) is 44.2 Å². The Kier molecular flexibility index (Phi) is 3.24. The van der Waals surface area contributed by atoms with Crippen molar-refractivity contribution in [2.24, 2.45) is 0 Å². The summed E-state index contributed by atoms with van der Waals surface area (Å²) in [4.78, 5) is 11.5. The quantitative estimate of drug-likeness (QED) is 0.607. The second-order valence-corrected chi connectivity index (χ2v) is 4.29. The zero-order valence-corrected chi connectivity index (χ0v) is 8.51. The standard InChI is InChI=1S/C10H19N3O/c14-10(12-8-3-1-2-4-8)13-9-5-6-11-7-9/h8-9,11H,1-7H2,(H2,12,13,14)/t9-/m0/s1. The van der Waals surface area contributed by atoms with Crippen molar-refractivity contribution in [1.82, 2.24) is 16.0 Å². The first-order chi connectivity index (χ1) is 6.84. The van der Waals surface area contributed by atoms with Gasteiger partial charge in [-0.05, 0) is 25.8 Å². The lowest BCUT2D eigenvalue weighted by Crippen LogP contribution is -2.46. The molecule has 0 radical (unpaired) electrons. The number of hydrogen-bond acceptors (Lipinski definition) is 2. The SMILES string of the molecule is O=C(NC1CCCC1)N[C@H]1CCNC1. The van der Waals surface area contributed by atoms with E-state index in [1.54, 1.807) is 0 Å². The van der Waals surface area contributed by atoms with Gasteiger partial charge in [-0.3, -0.25) is 0 Å². The van der Waals surface area contributed by atoms with Gasteiger partial charge in [0.15, 0.2) is 0 Å². The van der Waals surface area contributed by atoms with Crippen molar-refractivity contribution >= 4 is 6.03 Å². The monoisotopic (exact) mass is 197 g/mol. The van der Waals surface area contributed by atoms with E-state index in [0.29, 0.717) is 12.1 Å². The molecule has 0 aromatic heterocycles. The lowest BCUT2D eigenvalue weighted by Gasteiger charge is -2.16. The van der Waals surface area contributed by atoms with E-state index in [0.717, 1.165) is 32.4 Å². The molecule has 14 heavy (non-hydrogen) atoms. The van der Waals surface area contributed by atoms with Gasteiger partial charge in [0.05, 0.1) is 0 Å². The van der Waals surface area contributed by atoms with E-state index in [-0.39, 0.29) is 6.03 Å². The van der Waals surface area contributed by atoms with E-state index in [1.165, 1.54) is 12.8 Å². The highest BCUT2D eigenvalue weighted by Gasteiger charge is 2.20. The van der Waals surface area contributed by atoms with Crippen LogP contribution < -0.4 is 16.0 Å². The summed E-state index contributed by atoms with van der Waals surface area (Å²) >= 11 is 0. The Labute approximate surface area is 84.8 Å². The molecule has 1 atom stereocenters. The minimum absolute atomic E-state index is 0.0191. The summed E-state index contributed by atoms with van der Waals surface area (Å²) < 4.78 is 0. The number of nitrogens with one attached hydrogen (secondary N) is 3. The van der Waals surface area contributed by atoms with Gasteiger partial charge in [-0.25, -0.2) is 4.79 Å². The smallest absolute Gasteiger partial charge is 0.315 e. The predicted octanol–water partition coefficient (Wildman–Crippen LogP) is 0.590. The van der Waals surface area contributed by atoms with Gasteiger partial charge in [-0.2, -0.15) is 0 Å². The van der Waals surface area contributed by atoms with E-state index in [2.05, 4.69) is 16.0 Å². The predicted molar refractivity (Wildman–Crippen MR) is 55.2 cm³/mol. The highest BCUT2D eigenvalue weighted by molar-refractivity contribution is 5.74. The number of urea groups is 1. The summed E-state index contributed by atoms with van der Waals surface area (Å²) in [5.41, 5.74) is 0. The molecule has 2 rings (SSSR count). The minimum Gasteiger partial charge on any atom is -0.335 e. The van der Waals surface area contributed by atoms with Gasteiger partial charge in [0.2, 0.25) is 0 Å². The zero-order valence-electron chi connectivity index (χ0n) is 8.51. The van der Waals surface area contributed by atoms with E-state index >= 15 is 0 Å². The summed E-state index contributed by atoms with van der Waals surface area (Å²) in [5, 5.41) is 9.25. The number of carbonyl (C=O) groups is 1. The molecule has 2 amide bonds. The highest BCUT2D eigenvalue weighted by Crippen LogP contribution is 2.17. The van der Waals surface area contributed by atoms with Crippen LogP contribution in [-0.4, -0.2) is 31.2 Å². The Morgan fingerprint density at radius 1 is 1.07 bits per heavy atom. The summed E-state index contributed by atoms with van der Waals surface area (Å²) in [6.07, 6.45) is 5.87. The zero-order chi connectivity index (χ0) is 9.80. The molecule has 1 heterocycles. The molecule has 0 unspecified atom stereocenters. The van der Waals surface area contributed by atoms with Crippen molar-refractivity contribution in [3.05, 3.63) is 0 Å². The van der Waals surface area contributed by atoms with Crippen LogP contribution in [0, 0.1) is 0 Å². The first-order valence-corrected chi connectivity index (χ1v) is 5.62. The molecule has 80 valence electrons. The normalized spacial score (nSPS) is 27.9. The fourth-order valence-corrected chi connectivity index (χ4v) is 2.26. The van der Waals surface area contributed by atoms with Gasteiger partial charge in [0.25, 0.3) is 0 Å². The molecule has 1 aliphatic heterocycles. The molecule has 3 N–H and O–H groups in total. The van der Waals surface area contributed by atoms with Gasteiger partial charge in [-0.1, -0.05) is 12.8 Å².